The Bertz CT molecular complexity index is 1320. The fourth-order valence-electron chi connectivity index (χ4n) is 3.49. The fourth-order valence-corrected chi connectivity index (χ4v) is 5.17. The van der Waals surface area contributed by atoms with E-state index in [0.29, 0.717) is 12.0 Å². The number of Topliss-reactive ketones (excluding diaryl/α,β-unsaturated/α-hetero) is 1. The van der Waals surface area contributed by atoms with Crippen LogP contribution in [0.15, 0.2) is 129 Å². The highest BCUT2D eigenvalue weighted by atomic mass is 32.2. The number of carboxylic acid groups (broad SMARTS) is 2. The van der Waals surface area contributed by atoms with Crippen molar-refractivity contribution in [1.29, 1.82) is 0 Å². The summed E-state index contributed by atoms with van der Waals surface area (Å²) in [4.78, 5) is 37.2. The van der Waals surface area contributed by atoms with Crippen molar-refractivity contribution >= 4 is 41.2 Å². The molecule has 0 aliphatic heterocycles. The molecule has 0 spiro atoms. The van der Waals surface area contributed by atoms with Gasteiger partial charge >= 0.3 is 11.9 Å². The van der Waals surface area contributed by atoms with Gasteiger partial charge in [0.05, 0.1) is 6.42 Å². The molecule has 0 fully saturated rings. The molecule has 5 nitrogen and oxygen atoms in total. The minimum Gasteiger partial charge on any atom is -0.481 e. The molecule has 0 unspecified atom stereocenters. The lowest BCUT2D eigenvalue weighted by Crippen LogP contribution is -2.03. The SMILES string of the molecule is C.O=C(O)CCC(=O)c1ccc(Sc2ccccc2)cc1.O=C(O)CCCc1ccc(Sc2ccccc2)cc1. The second kappa shape index (κ2) is 17.7. The topological polar surface area (TPSA) is 91.7 Å². The van der Waals surface area contributed by atoms with Crippen LogP contribution in [0.1, 0.15) is 49.0 Å². The van der Waals surface area contributed by atoms with E-state index < -0.39 is 11.9 Å². The van der Waals surface area contributed by atoms with Gasteiger partial charge in [-0.2, -0.15) is 0 Å². The summed E-state index contributed by atoms with van der Waals surface area (Å²) in [5, 5.41) is 17.2. The zero-order valence-electron chi connectivity index (χ0n) is 21.4. The highest BCUT2D eigenvalue weighted by Crippen LogP contribution is 2.28. The zero-order chi connectivity index (χ0) is 27.9. The second-order valence-corrected chi connectivity index (χ2v) is 10.9. The van der Waals surface area contributed by atoms with Gasteiger partial charge in [-0.05, 0) is 66.9 Å². The van der Waals surface area contributed by atoms with Gasteiger partial charge in [-0.25, -0.2) is 0 Å². The molecule has 0 amide bonds. The zero-order valence-corrected chi connectivity index (χ0v) is 23.0. The molecule has 0 aromatic heterocycles. The maximum Gasteiger partial charge on any atom is 0.303 e. The van der Waals surface area contributed by atoms with E-state index in [-0.39, 0.29) is 32.5 Å². The molecule has 208 valence electrons. The van der Waals surface area contributed by atoms with Crippen LogP contribution in [0.25, 0.3) is 0 Å². The first kappa shape index (κ1) is 32.4. The molecule has 0 heterocycles. The molecule has 4 aromatic carbocycles. The molecule has 0 saturated carbocycles. The second-order valence-electron chi connectivity index (χ2n) is 8.56. The van der Waals surface area contributed by atoms with Crippen LogP contribution in [0.3, 0.4) is 0 Å². The van der Waals surface area contributed by atoms with Crippen molar-refractivity contribution < 1.29 is 24.6 Å². The standard InChI is InChI=1S/C16H14O3S.C16H16O2S.CH4/c17-15(10-11-16(18)19)12-6-8-14(9-7-12)20-13-4-2-1-3-5-13;17-16(18)8-4-5-13-9-11-15(12-10-13)19-14-6-2-1-3-7-14;/h1-9H,10-11H2,(H,18,19);1-3,6-7,9-12H,4-5,8H2,(H,17,18);1H4. The summed E-state index contributed by atoms with van der Waals surface area (Å²) in [6.07, 6.45) is 1.67. The van der Waals surface area contributed by atoms with E-state index in [1.54, 1.807) is 35.7 Å². The first-order chi connectivity index (χ1) is 18.9. The number of ketones is 1. The Morgan fingerprint density at radius 1 is 0.525 bits per heavy atom. The van der Waals surface area contributed by atoms with Crippen LogP contribution in [0, 0.1) is 0 Å². The third kappa shape index (κ3) is 12.4. The highest BCUT2D eigenvalue weighted by Gasteiger charge is 2.08. The monoisotopic (exact) mass is 574 g/mol. The Kier molecular flexibility index (Phi) is 14.3. The molecule has 7 heteroatoms. The molecule has 4 aromatic rings. The Hall–Kier alpha value is -3.81. The van der Waals surface area contributed by atoms with E-state index in [2.05, 4.69) is 36.4 Å². The smallest absolute Gasteiger partial charge is 0.303 e. The average molecular weight is 575 g/mol. The van der Waals surface area contributed by atoms with Crippen molar-refractivity contribution in [2.75, 3.05) is 0 Å². The van der Waals surface area contributed by atoms with Crippen LogP contribution in [0.5, 0.6) is 0 Å². The van der Waals surface area contributed by atoms with Gasteiger partial charge < -0.3 is 10.2 Å². The predicted molar refractivity (Wildman–Crippen MR) is 163 cm³/mol. The first-order valence-corrected chi connectivity index (χ1v) is 14.1. The van der Waals surface area contributed by atoms with Gasteiger partial charge in [0, 0.05) is 38.0 Å². The number of carboxylic acids is 2. The fraction of sp³-hybridized carbons (Fsp3) is 0.182. The quantitative estimate of drug-likeness (QED) is 0.163. The van der Waals surface area contributed by atoms with E-state index >= 15 is 0 Å². The molecule has 4 rings (SSSR count). The van der Waals surface area contributed by atoms with Crippen LogP contribution in [-0.4, -0.2) is 27.9 Å². The average Bonchev–Trinajstić information content (AvgIpc) is 2.94. The lowest BCUT2D eigenvalue weighted by Gasteiger charge is -2.04. The summed E-state index contributed by atoms with van der Waals surface area (Å²) in [5.74, 6) is -1.81. The molecule has 0 atom stereocenters. The third-order valence-corrected chi connectivity index (χ3v) is 7.51. The molecule has 0 radical (unpaired) electrons. The summed E-state index contributed by atoms with van der Waals surface area (Å²) in [5.41, 5.74) is 1.75. The molecule has 0 saturated heterocycles. The van der Waals surface area contributed by atoms with E-state index in [9.17, 15) is 14.4 Å². The molecular weight excluding hydrogens is 540 g/mol. The normalized spacial score (nSPS) is 10.0. The Balaban J connectivity index is 0.000000274. The predicted octanol–water partition coefficient (Wildman–Crippen LogP) is 8.77. The van der Waals surface area contributed by atoms with Gasteiger partial charge in [-0.15, -0.1) is 0 Å². The number of carbonyl (C=O) groups is 3. The number of benzene rings is 4. The van der Waals surface area contributed by atoms with Crippen LogP contribution >= 0.6 is 23.5 Å². The Labute approximate surface area is 244 Å². The van der Waals surface area contributed by atoms with E-state index in [1.165, 1.54) is 15.4 Å². The number of hydrogen-bond acceptors (Lipinski definition) is 5. The lowest BCUT2D eigenvalue weighted by molar-refractivity contribution is -0.138. The molecule has 40 heavy (non-hydrogen) atoms. The number of aliphatic carboxylic acids is 2. The van der Waals surface area contributed by atoms with Gasteiger partial charge in [0.15, 0.2) is 5.78 Å². The molecule has 0 aliphatic carbocycles. The third-order valence-electron chi connectivity index (χ3n) is 5.48. The summed E-state index contributed by atoms with van der Waals surface area (Å²) >= 11 is 3.35. The molecule has 2 N–H and O–H groups in total. The first-order valence-electron chi connectivity index (χ1n) is 12.5. The van der Waals surface area contributed by atoms with Crippen molar-refractivity contribution in [1.82, 2.24) is 0 Å². The van der Waals surface area contributed by atoms with Crippen LogP contribution in [0.4, 0.5) is 0 Å². The Morgan fingerprint density at radius 2 is 0.950 bits per heavy atom. The molecular formula is C33H34O5S2. The minimum atomic E-state index is -0.949. The van der Waals surface area contributed by atoms with Gasteiger partial charge in [-0.1, -0.05) is 91.6 Å². The van der Waals surface area contributed by atoms with E-state index in [4.69, 9.17) is 10.2 Å². The number of carbonyl (C=O) groups excluding carboxylic acids is 1. The van der Waals surface area contributed by atoms with Gasteiger partial charge in [0.1, 0.15) is 0 Å². The number of hydrogen-bond donors (Lipinski definition) is 2. The maximum atomic E-state index is 11.7. The lowest BCUT2D eigenvalue weighted by atomic mass is 10.1. The van der Waals surface area contributed by atoms with Crippen LogP contribution in [-0.2, 0) is 16.0 Å². The molecule has 0 aliphatic rings. The summed E-state index contributed by atoms with van der Waals surface area (Å²) in [6.45, 7) is 0. The van der Waals surface area contributed by atoms with E-state index in [1.807, 2.05) is 60.7 Å². The van der Waals surface area contributed by atoms with Crippen molar-refractivity contribution in [2.45, 2.75) is 59.1 Å². The largest absolute Gasteiger partial charge is 0.481 e. The van der Waals surface area contributed by atoms with Gasteiger partial charge in [0.2, 0.25) is 0 Å². The van der Waals surface area contributed by atoms with Crippen LogP contribution in [0.2, 0.25) is 0 Å². The van der Waals surface area contributed by atoms with Gasteiger partial charge in [0.25, 0.3) is 0 Å². The number of rotatable bonds is 12. The summed E-state index contributed by atoms with van der Waals surface area (Å²) in [7, 11) is 0. The highest BCUT2D eigenvalue weighted by molar-refractivity contribution is 7.99. The van der Waals surface area contributed by atoms with Crippen molar-refractivity contribution in [3.05, 3.63) is 120 Å². The van der Waals surface area contributed by atoms with Crippen molar-refractivity contribution in [3.8, 4) is 0 Å². The van der Waals surface area contributed by atoms with Crippen molar-refractivity contribution in [2.24, 2.45) is 0 Å². The Morgan fingerprint density at radius 3 is 1.40 bits per heavy atom. The molecule has 0 bridgehead atoms. The van der Waals surface area contributed by atoms with Crippen LogP contribution < -0.4 is 0 Å². The van der Waals surface area contributed by atoms with Crippen molar-refractivity contribution in [3.63, 3.8) is 0 Å². The van der Waals surface area contributed by atoms with Gasteiger partial charge in [-0.3, -0.25) is 14.4 Å². The maximum absolute atomic E-state index is 11.7. The minimum absolute atomic E-state index is 0. The summed E-state index contributed by atoms with van der Waals surface area (Å²) < 4.78 is 0. The number of aryl methyl sites for hydroxylation is 1. The summed E-state index contributed by atoms with van der Waals surface area (Å²) in [6, 6.07) is 35.8. The van der Waals surface area contributed by atoms with E-state index in [0.717, 1.165) is 16.2 Å².